The van der Waals surface area contributed by atoms with Crippen LogP contribution in [0.25, 0.3) is 11.1 Å². The second kappa shape index (κ2) is 6.19. The van der Waals surface area contributed by atoms with Crippen LogP contribution >= 0.6 is 0 Å². The van der Waals surface area contributed by atoms with Crippen molar-refractivity contribution in [3.05, 3.63) is 34.3 Å². The molecule has 1 aromatic heterocycles. The fourth-order valence-electron chi connectivity index (χ4n) is 1.80. The number of esters is 1. The van der Waals surface area contributed by atoms with Gasteiger partial charge >= 0.3 is 11.7 Å². The van der Waals surface area contributed by atoms with E-state index >= 15 is 0 Å². The zero-order valence-corrected chi connectivity index (χ0v) is 10.7. The summed E-state index contributed by atoms with van der Waals surface area (Å²) in [6, 6.07) is 5.61. The van der Waals surface area contributed by atoms with Crippen molar-refractivity contribution in [2.75, 3.05) is 20.2 Å². The van der Waals surface area contributed by atoms with Crippen LogP contribution in [0.5, 0.6) is 0 Å². The molecule has 0 radical (unpaired) electrons. The molecule has 2 aromatic rings. The molecule has 102 valence electrons. The van der Waals surface area contributed by atoms with Crippen LogP contribution in [0.15, 0.2) is 27.4 Å². The van der Waals surface area contributed by atoms with Crippen LogP contribution in [0.2, 0.25) is 0 Å². The van der Waals surface area contributed by atoms with Gasteiger partial charge in [-0.3, -0.25) is 9.78 Å². The first-order valence-corrected chi connectivity index (χ1v) is 6.08. The normalized spacial score (nSPS) is 10.8. The molecule has 0 bridgehead atoms. The van der Waals surface area contributed by atoms with Crippen LogP contribution in [-0.4, -0.2) is 31.2 Å². The molecule has 0 aliphatic carbocycles. The van der Waals surface area contributed by atoms with Gasteiger partial charge in [0.05, 0.1) is 19.0 Å². The van der Waals surface area contributed by atoms with Gasteiger partial charge in [-0.15, -0.1) is 0 Å². The third kappa shape index (κ3) is 3.69. The molecule has 6 heteroatoms. The van der Waals surface area contributed by atoms with Gasteiger partial charge in [-0.05, 0) is 30.7 Å². The first kappa shape index (κ1) is 13.4. The fraction of sp³-hybridized carbons (Fsp3) is 0.385. The quantitative estimate of drug-likeness (QED) is 0.596. The minimum Gasteiger partial charge on any atom is -0.469 e. The van der Waals surface area contributed by atoms with Gasteiger partial charge in [0.1, 0.15) is 0 Å². The molecule has 1 heterocycles. The molecule has 0 atom stereocenters. The highest BCUT2D eigenvalue weighted by Gasteiger charge is 2.02. The predicted octanol–water partition coefficient (Wildman–Crippen LogP) is 0.816. The Labute approximate surface area is 109 Å². The Hall–Kier alpha value is -2.08. The Morgan fingerprint density at radius 1 is 1.42 bits per heavy atom. The predicted molar refractivity (Wildman–Crippen MR) is 70.0 cm³/mol. The molecule has 19 heavy (non-hydrogen) atoms. The van der Waals surface area contributed by atoms with E-state index in [4.69, 9.17) is 4.42 Å². The number of ether oxygens (including phenoxy) is 1. The maximum Gasteiger partial charge on any atom is 0.417 e. The van der Waals surface area contributed by atoms with Crippen LogP contribution in [0, 0.1) is 0 Å². The average Bonchev–Trinajstić information content (AvgIpc) is 2.77. The lowest BCUT2D eigenvalue weighted by molar-refractivity contribution is -0.140. The number of aromatic nitrogens is 1. The van der Waals surface area contributed by atoms with Crippen molar-refractivity contribution in [3.8, 4) is 0 Å². The number of oxazole rings is 1. The van der Waals surface area contributed by atoms with E-state index in [9.17, 15) is 9.59 Å². The number of nitrogens with one attached hydrogen (secondary N) is 2. The van der Waals surface area contributed by atoms with Gasteiger partial charge < -0.3 is 14.5 Å². The van der Waals surface area contributed by atoms with E-state index in [0.717, 1.165) is 18.5 Å². The first-order chi connectivity index (χ1) is 9.19. The molecule has 0 aliphatic heterocycles. The largest absolute Gasteiger partial charge is 0.469 e. The Kier molecular flexibility index (Phi) is 4.35. The summed E-state index contributed by atoms with van der Waals surface area (Å²) in [5.74, 6) is -0.661. The van der Waals surface area contributed by atoms with Crippen molar-refractivity contribution in [3.63, 3.8) is 0 Å². The standard InChI is InChI=1S/C13H16N2O4/c1-18-12(16)5-7-14-6-4-9-2-3-10-11(8-9)19-13(17)15-10/h2-3,8,14H,4-7H2,1H3,(H,15,17). The lowest BCUT2D eigenvalue weighted by Crippen LogP contribution is -2.21. The highest BCUT2D eigenvalue weighted by molar-refractivity contribution is 5.72. The van der Waals surface area contributed by atoms with E-state index < -0.39 is 5.76 Å². The molecule has 0 saturated carbocycles. The number of benzene rings is 1. The number of aromatic amines is 1. The number of hydrogen-bond acceptors (Lipinski definition) is 5. The van der Waals surface area contributed by atoms with Crippen LogP contribution in [0.4, 0.5) is 0 Å². The van der Waals surface area contributed by atoms with E-state index in [1.807, 2.05) is 18.2 Å². The van der Waals surface area contributed by atoms with Crippen molar-refractivity contribution in [2.24, 2.45) is 0 Å². The fourth-order valence-corrected chi connectivity index (χ4v) is 1.80. The monoisotopic (exact) mass is 264 g/mol. The highest BCUT2D eigenvalue weighted by atomic mass is 16.5. The number of carbonyl (C=O) groups is 1. The molecule has 0 spiro atoms. The van der Waals surface area contributed by atoms with Gasteiger partial charge in [0.2, 0.25) is 0 Å². The zero-order valence-electron chi connectivity index (χ0n) is 10.7. The summed E-state index contributed by atoms with van der Waals surface area (Å²) in [5, 5.41) is 3.15. The minimum absolute atomic E-state index is 0.219. The van der Waals surface area contributed by atoms with E-state index in [0.29, 0.717) is 24.1 Å². The molecule has 6 nitrogen and oxygen atoms in total. The molecule has 0 saturated heterocycles. The summed E-state index contributed by atoms with van der Waals surface area (Å²) in [7, 11) is 1.38. The third-order valence-corrected chi connectivity index (χ3v) is 2.81. The second-order valence-electron chi connectivity index (χ2n) is 4.17. The summed E-state index contributed by atoms with van der Waals surface area (Å²) in [6.45, 7) is 1.34. The van der Waals surface area contributed by atoms with Gasteiger partial charge in [-0.25, -0.2) is 4.79 Å². The van der Waals surface area contributed by atoms with Gasteiger partial charge in [0.15, 0.2) is 5.58 Å². The van der Waals surface area contributed by atoms with E-state index in [-0.39, 0.29) is 5.97 Å². The molecule has 1 aromatic carbocycles. The van der Waals surface area contributed by atoms with Crippen molar-refractivity contribution in [2.45, 2.75) is 12.8 Å². The summed E-state index contributed by atoms with van der Waals surface area (Å²) in [5.41, 5.74) is 2.34. The maximum atomic E-state index is 11.0. The van der Waals surface area contributed by atoms with E-state index in [2.05, 4.69) is 15.0 Å². The Bertz CT molecular complexity index is 614. The second-order valence-corrected chi connectivity index (χ2v) is 4.17. The SMILES string of the molecule is COC(=O)CCNCCc1ccc2[nH]c(=O)oc2c1. The smallest absolute Gasteiger partial charge is 0.417 e. The maximum absolute atomic E-state index is 11.0. The molecule has 0 fully saturated rings. The summed E-state index contributed by atoms with van der Waals surface area (Å²) >= 11 is 0. The van der Waals surface area contributed by atoms with Gasteiger partial charge in [0, 0.05) is 6.54 Å². The van der Waals surface area contributed by atoms with Crippen LogP contribution in [-0.2, 0) is 16.0 Å². The summed E-state index contributed by atoms with van der Waals surface area (Å²) < 4.78 is 9.53. The highest BCUT2D eigenvalue weighted by Crippen LogP contribution is 2.12. The lowest BCUT2D eigenvalue weighted by atomic mass is 10.1. The zero-order chi connectivity index (χ0) is 13.7. The number of methoxy groups -OCH3 is 1. The van der Waals surface area contributed by atoms with Crippen molar-refractivity contribution in [1.29, 1.82) is 0 Å². The van der Waals surface area contributed by atoms with E-state index in [1.54, 1.807) is 0 Å². The topological polar surface area (TPSA) is 84.3 Å². The molecule has 0 amide bonds. The summed E-state index contributed by atoms with van der Waals surface area (Å²) in [6.07, 6.45) is 1.16. The number of carbonyl (C=O) groups excluding carboxylic acids is 1. The number of hydrogen-bond donors (Lipinski definition) is 2. The van der Waals surface area contributed by atoms with Gasteiger partial charge in [0.25, 0.3) is 0 Å². The molecule has 2 N–H and O–H groups in total. The lowest BCUT2D eigenvalue weighted by Gasteiger charge is -2.04. The third-order valence-electron chi connectivity index (χ3n) is 2.81. The van der Waals surface area contributed by atoms with Crippen LogP contribution in [0.3, 0.4) is 0 Å². The van der Waals surface area contributed by atoms with E-state index in [1.165, 1.54) is 7.11 Å². The van der Waals surface area contributed by atoms with Gasteiger partial charge in [-0.1, -0.05) is 6.07 Å². The number of H-pyrrole nitrogens is 1. The number of rotatable bonds is 6. The number of fused-ring (bicyclic) bond motifs is 1. The van der Waals surface area contributed by atoms with Gasteiger partial charge in [-0.2, -0.15) is 0 Å². The van der Waals surface area contributed by atoms with Crippen LogP contribution < -0.4 is 11.1 Å². The summed E-state index contributed by atoms with van der Waals surface area (Å²) in [4.78, 5) is 24.5. The van der Waals surface area contributed by atoms with Crippen molar-refractivity contribution in [1.82, 2.24) is 10.3 Å². The Morgan fingerprint density at radius 2 is 2.26 bits per heavy atom. The first-order valence-electron chi connectivity index (χ1n) is 6.08. The van der Waals surface area contributed by atoms with Crippen molar-refractivity contribution >= 4 is 17.1 Å². The Morgan fingerprint density at radius 3 is 3.05 bits per heavy atom. The molecular weight excluding hydrogens is 248 g/mol. The molecule has 0 aliphatic rings. The average molecular weight is 264 g/mol. The Balaban J connectivity index is 1.81. The molecule has 0 unspecified atom stereocenters. The molecular formula is C13H16N2O4. The molecule has 2 rings (SSSR count). The van der Waals surface area contributed by atoms with Crippen LogP contribution in [0.1, 0.15) is 12.0 Å². The minimum atomic E-state index is -0.441. The van der Waals surface area contributed by atoms with Crippen molar-refractivity contribution < 1.29 is 13.9 Å².